The highest BCUT2D eigenvalue weighted by molar-refractivity contribution is 7.15. The number of benzene rings is 1. The van der Waals surface area contributed by atoms with Gasteiger partial charge in [-0.3, -0.25) is 4.79 Å². The molecule has 1 amide bonds. The lowest BCUT2D eigenvalue weighted by molar-refractivity contribution is 0.0756. The fourth-order valence-corrected chi connectivity index (χ4v) is 4.25. The van der Waals surface area contributed by atoms with Gasteiger partial charge in [-0.15, -0.1) is 11.3 Å². The van der Waals surface area contributed by atoms with E-state index < -0.39 is 0 Å². The zero-order valence-corrected chi connectivity index (χ0v) is 13.6. The number of aromatic nitrogens is 1. The monoisotopic (exact) mass is 329 g/mol. The average Bonchev–Trinajstić information content (AvgIpc) is 3.16. The number of halogens is 1. The molecule has 2 aromatic rings. The van der Waals surface area contributed by atoms with Crippen molar-refractivity contribution in [2.24, 2.45) is 0 Å². The van der Waals surface area contributed by atoms with Crippen molar-refractivity contribution in [3.63, 3.8) is 0 Å². The van der Waals surface area contributed by atoms with Crippen LogP contribution in [0.5, 0.6) is 0 Å². The summed E-state index contributed by atoms with van der Waals surface area (Å²) in [5.74, 6) is 0.186. The molecular formula is C18H18FN2OS. The summed E-state index contributed by atoms with van der Waals surface area (Å²) in [5.41, 5.74) is 1.37. The lowest BCUT2D eigenvalue weighted by atomic mass is 10.1. The Hall–Kier alpha value is -1.75. The molecule has 4 rings (SSSR count). The summed E-state index contributed by atoms with van der Waals surface area (Å²) in [6.07, 6.45) is 4.22. The Labute approximate surface area is 139 Å². The maximum absolute atomic E-state index is 13.2. The van der Waals surface area contributed by atoms with Crippen LogP contribution in [0.1, 0.15) is 47.1 Å². The Morgan fingerprint density at radius 1 is 1.26 bits per heavy atom. The predicted molar refractivity (Wildman–Crippen MR) is 88.9 cm³/mol. The van der Waals surface area contributed by atoms with E-state index in [1.165, 1.54) is 12.1 Å². The van der Waals surface area contributed by atoms with Crippen LogP contribution in [-0.2, 0) is 0 Å². The Kier molecular flexibility index (Phi) is 3.68. The first-order valence-electron chi connectivity index (χ1n) is 8.04. The van der Waals surface area contributed by atoms with E-state index in [0.29, 0.717) is 11.6 Å². The number of amides is 1. The summed E-state index contributed by atoms with van der Waals surface area (Å²) >= 11 is 1.58. The molecule has 0 spiro atoms. The van der Waals surface area contributed by atoms with Gasteiger partial charge >= 0.3 is 0 Å². The maximum Gasteiger partial charge on any atom is 0.274 e. The highest BCUT2D eigenvalue weighted by Crippen LogP contribution is 2.45. The van der Waals surface area contributed by atoms with Crippen molar-refractivity contribution >= 4 is 17.2 Å². The second-order valence-corrected chi connectivity index (χ2v) is 7.34. The molecular weight excluding hydrogens is 311 g/mol. The van der Waals surface area contributed by atoms with Crippen molar-refractivity contribution in [1.29, 1.82) is 0 Å². The van der Waals surface area contributed by atoms with E-state index in [1.54, 1.807) is 23.5 Å². The third-order valence-corrected chi connectivity index (χ3v) is 5.78. The predicted octanol–water partition coefficient (Wildman–Crippen LogP) is 4.27. The highest BCUT2D eigenvalue weighted by Gasteiger charge is 2.33. The molecule has 2 fully saturated rings. The molecule has 1 atom stereocenters. The van der Waals surface area contributed by atoms with Gasteiger partial charge in [0.1, 0.15) is 11.5 Å². The van der Waals surface area contributed by atoms with Crippen LogP contribution < -0.4 is 0 Å². The lowest BCUT2D eigenvalue weighted by Crippen LogP contribution is -2.34. The molecule has 0 N–H and O–H groups in total. The summed E-state index contributed by atoms with van der Waals surface area (Å²) in [6, 6.07) is 6.33. The molecule has 119 valence electrons. The van der Waals surface area contributed by atoms with Gasteiger partial charge in [0.15, 0.2) is 0 Å². The van der Waals surface area contributed by atoms with Gasteiger partial charge in [-0.25, -0.2) is 9.37 Å². The maximum atomic E-state index is 13.2. The first kappa shape index (κ1) is 14.8. The minimum Gasteiger partial charge on any atom is -0.334 e. The number of rotatable bonds is 3. The summed E-state index contributed by atoms with van der Waals surface area (Å²) in [5, 5.41) is 1.03. The van der Waals surface area contributed by atoms with E-state index >= 15 is 0 Å². The normalized spacial score (nSPS) is 21.0. The smallest absolute Gasteiger partial charge is 0.274 e. The second kappa shape index (κ2) is 5.71. The standard InChI is InChI=1S/C18H18FN2OS/c1-11-3-2-10-21(11)18(22)15-16(12-6-8-14(19)9-7-12)23-17(20-15)13-4-5-13/h6-9,11,13H,1-5,10H2. The van der Waals surface area contributed by atoms with E-state index in [2.05, 4.69) is 11.9 Å². The van der Waals surface area contributed by atoms with E-state index in [9.17, 15) is 9.18 Å². The fraction of sp³-hybridized carbons (Fsp3) is 0.389. The molecule has 1 aromatic heterocycles. The molecule has 2 heterocycles. The minimum absolute atomic E-state index is 0.0228. The summed E-state index contributed by atoms with van der Waals surface area (Å²) in [7, 11) is 0. The number of hydrogen-bond acceptors (Lipinski definition) is 3. The number of nitrogens with zero attached hydrogens (tertiary/aromatic N) is 2. The number of likely N-dealkylation sites (tertiary alicyclic amines) is 1. The van der Waals surface area contributed by atoms with Gasteiger partial charge in [-0.05, 0) is 50.3 Å². The van der Waals surface area contributed by atoms with Gasteiger partial charge in [0.05, 0.1) is 9.88 Å². The van der Waals surface area contributed by atoms with Crippen LogP contribution in [0.2, 0.25) is 0 Å². The molecule has 2 aliphatic rings. The van der Waals surface area contributed by atoms with Gasteiger partial charge in [0, 0.05) is 18.5 Å². The van der Waals surface area contributed by atoms with Crippen LogP contribution >= 0.6 is 11.3 Å². The Balaban J connectivity index is 1.75. The zero-order chi connectivity index (χ0) is 16.0. The molecule has 1 aliphatic heterocycles. The Morgan fingerprint density at radius 3 is 2.61 bits per heavy atom. The summed E-state index contributed by atoms with van der Waals surface area (Å²) < 4.78 is 13.2. The first-order valence-corrected chi connectivity index (χ1v) is 8.86. The topological polar surface area (TPSA) is 33.2 Å². The van der Waals surface area contributed by atoms with E-state index in [-0.39, 0.29) is 17.8 Å². The molecule has 1 saturated heterocycles. The van der Waals surface area contributed by atoms with E-state index in [4.69, 9.17) is 0 Å². The van der Waals surface area contributed by atoms with Crippen LogP contribution in [0, 0.1) is 12.7 Å². The number of hydrogen-bond donors (Lipinski definition) is 0. The quantitative estimate of drug-likeness (QED) is 0.843. The largest absolute Gasteiger partial charge is 0.334 e. The van der Waals surface area contributed by atoms with Crippen LogP contribution in [-0.4, -0.2) is 28.4 Å². The van der Waals surface area contributed by atoms with Gasteiger partial charge in [0.25, 0.3) is 5.91 Å². The number of thiazole rings is 1. The van der Waals surface area contributed by atoms with Crippen molar-refractivity contribution in [2.75, 3.05) is 6.54 Å². The van der Waals surface area contributed by atoms with Crippen molar-refractivity contribution < 1.29 is 9.18 Å². The third-order valence-electron chi connectivity index (χ3n) is 4.52. The van der Waals surface area contributed by atoms with E-state index in [1.807, 2.05) is 4.90 Å². The van der Waals surface area contributed by atoms with Crippen molar-refractivity contribution in [1.82, 2.24) is 9.88 Å². The summed E-state index contributed by atoms with van der Waals surface area (Å²) in [4.78, 5) is 20.3. The molecule has 1 radical (unpaired) electrons. The number of carbonyl (C=O) groups excluding carboxylic acids is 1. The van der Waals surface area contributed by atoms with Gasteiger partial charge < -0.3 is 4.90 Å². The molecule has 23 heavy (non-hydrogen) atoms. The second-order valence-electron chi connectivity index (χ2n) is 6.31. The molecule has 1 saturated carbocycles. The summed E-state index contributed by atoms with van der Waals surface area (Å²) in [6.45, 7) is 4.81. The van der Waals surface area contributed by atoms with Crippen LogP contribution in [0.25, 0.3) is 10.4 Å². The highest BCUT2D eigenvalue weighted by atomic mass is 32.1. The Bertz CT molecular complexity index is 736. The Morgan fingerprint density at radius 2 is 2.00 bits per heavy atom. The van der Waals surface area contributed by atoms with E-state index in [0.717, 1.165) is 47.7 Å². The van der Waals surface area contributed by atoms with Gasteiger partial charge in [-0.1, -0.05) is 12.1 Å². The molecule has 1 unspecified atom stereocenters. The molecule has 3 nitrogen and oxygen atoms in total. The van der Waals surface area contributed by atoms with Gasteiger partial charge in [-0.2, -0.15) is 0 Å². The lowest BCUT2D eigenvalue weighted by Gasteiger charge is -2.20. The fourth-order valence-electron chi connectivity index (χ4n) is 3.02. The van der Waals surface area contributed by atoms with Crippen LogP contribution in [0.4, 0.5) is 4.39 Å². The van der Waals surface area contributed by atoms with Crippen LogP contribution in [0.3, 0.4) is 0 Å². The first-order chi connectivity index (χ1) is 11.1. The van der Waals surface area contributed by atoms with Crippen molar-refractivity contribution in [3.8, 4) is 10.4 Å². The zero-order valence-electron chi connectivity index (χ0n) is 12.8. The third kappa shape index (κ3) is 2.78. The molecule has 1 aromatic carbocycles. The van der Waals surface area contributed by atoms with Crippen LogP contribution in [0.15, 0.2) is 24.3 Å². The van der Waals surface area contributed by atoms with Crippen molar-refractivity contribution in [3.05, 3.63) is 47.7 Å². The molecule has 1 aliphatic carbocycles. The minimum atomic E-state index is -0.272. The number of carbonyl (C=O) groups is 1. The van der Waals surface area contributed by atoms with Gasteiger partial charge in [0.2, 0.25) is 0 Å². The average molecular weight is 329 g/mol. The molecule has 0 bridgehead atoms. The molecule has 5 heteroatoms. The van der Waals surface area contributed by atoms with Crippen molar-refractivity contribution in [2.45, 2.75) is 37.6 Å². The SMILES string of the molecule is [CH2]C1CCCN1C(=O)c1nc(C2CC2)sc1-c1ccc(F)cc1.